The van der Waals surface area contributed by atoms with E-state index in [1.807, 2.05) is 6.92 Å². The first-order valence-corrected chi connectivity index (χ1v) is 5.85. The van der Waals surface area contributed by atoms with Gasteiger partial charge in [0.1, 0.15) is 0 Å². The minimum absolute atomic E-state index is 0.0608. The summed E-state index contributed by atoms with van der Waals surface area (Å²) in [6, 6.07) is -0.0608. The van der Waals surface area contributed by atoms with Crippen molar-refractivity contribution in [3.05, 3.63) is 21.9 Å². The van der Waals surface area contributed by atoms with Crippen LogP contribution in [0.4, 0.5) is 0 Å². The highest BCUT2D eigenvalue weighted by molar-refractivity contribution is 7.08. The quantitative estimate of drug-likeness (QED) is 0.310. The van der Waals surface area contributed by atoms with Crippen molar-refractivity contribution in [2.24, 2.45) is 10.9 Å². The number of oxime groups is 1. The predicted molar refractivity (Wildman–Crippen MR) is 63.4 cm³/mol. The van der Waals surface area contributed by atoms with Crippen LogP contribution >= 0.6 is 11.3 Å². The average molecular weight is 227 g/mol. The first kappa shape index (κ1) is 12.0. The monoisotopic (exact) mass is 227 g/mol. The van der Waals surface area contributed by atoms with Crippen molar-refractivity contribution in [2.45, 2.75) is 32.9 Å². The van der Waals surface area contributed by atoms with Crippen molar-refractivity contribution in [1.29, 1.82) is 0 Å². The van der Waals surface area contributed by atoms with Crippen LogP contribution in [0.1, 0.15) is 24.5 Å². The van der Waals surface area contributed by atoms with E-state index in [1.165, 1.54) is 11.1 Å². The van der Waals surface area contributed by atoms with Gasteiger partial charge >= 0.3 is 0 Å². The molecule has 4 nitrogen and oxygen atoms in total. The van der Waals surface area contributed by atoms with Crippen molar-refractivity contribution >= 4 is 17.2 Å². The number of amidine groups is 1. The molecule has 5 heteroatoms. The van der Waals surface area contributed by atoms with Crippen LogP contribution in [0.3, 0.4) is 0 Å². The van der Waals surface area contributed by atoms with Crippen molar-refractivity contribution in [3.8, 4) is 0 Å². The lowest BCUT2D eigenvalue weighted by Gasteiger charge is -2.14. The number of nitrogens with one attached hydrogen (secondary N) is 1. The molecule has 1 unspecified atom stereocenters. The van der Waals surface area contributed by atoms with Crippen molar-refractivity contribution in [2.75, 3.05) is 0 Å². The van der Waals surface area contributed by atoms with Gasteiger partial charge in [-0.05, 0) is 35.2 Å². The molecule has 1 heterocycles. The first-order chi connectivity index (χ1) is 7.19. The van der Waals surface area contributed by atoms with E-state index in [-0.39, 0.29) is 11.9 Å². The molecule has 0 aromatic carbocycles. The van der Waals surface area contributed by atoms with E-state index in [1.54, 1.807) is 11.3 Å². The molecule has 84 valence electrons. The molecular formula is C10H17N3OS. The van der Waals surface area contributed by atoms with Gasteiger partial charge in [0.15, 0.2) is 5.84 Å². The highest BCUT2D eigenvalue weighted by atomic mass is 32.1. The SMILES string of the molecule is CCC(NCc1cscc1C)C(N)=NO. The normalized spacial score (nSPS) is 14.1. The Balaban J connectivity index is 2.52. The maximum absolute atomic E-state index is 8.57. The highest BCUT2D eigenvalue weighted by Crippen LogP contribution is 2.13. The van der Waals surface area contributed by atoms with Crippen LogP contribution in [-0.4, -0.2) is 17.1 Å². The van der Waals surface area contributed by atoms with Gasteiger partial charge in [0.25, 0.3) is 0 Å². The van der Waals surface area contributed by atoms with E-state index >= 15 is 0 Å². The fourth-order valence-corrected chi connectivity index (χ4v) is 2.19. The molecule has 1 rings (SSSR count). The minimum atomic E-state index is -0.0608. The average Bonchev–Trinajstić information content (AvgIpc) is 2.65. The van der Waals surface area contributed by atoms with E-state index in [0.29, 0.717) is 0 Å². The molecule has 0 bridgehead atoms. The molecule has 0 saturated heterocycles. The molecule has 4 N–H and O–H groups in total. The van der Waals surface area contributed by atoms with Gasteiger partial charge in [-0.3, -0.25) is 0 Å². The summed E-state index contributed by atoms with van der Waals surface area (Å²) in [6.07, 6.45) is 0.805. The second kappa shape index (κ2) is 5.72. The third-order valence-corrected chi connectivity index (χ3v) is 3.29. The zero-order chi connectivity index (χ0) is 11.3. The van der Waals surface area contributed by atoms with E-state index in [0.717, 1.165) is 13.0 Å². The van der Waals surface area contributed by atoms with Gasteiger partial charge in [0.05, 0.1) is 6.04 Å². The van der Waals surface area contributed by atoms with E-state index < -0.39 is 0 Å². The molecule has 0 aliphatic carbocycles. The molecule has 0 saturated carbocycles. The van der Waals surface area contributed by atoms with Crippen LogP contribution in [-0.2, 0) is 6.54 Å². The lowest BCUT2D eigenvalue weighted by Crippen LogP contribution is -2.40. The van der Waals surface area contributed by atoms with Gasteiger partial charge in [0.2, 0.25) is 0 Å². The van der Waals surface area contributed by atoms with E-state index in [9.17, 15) is 0 Å². The highest BCUT2D eigenvalue weighted by Gasteiger charge is 2.11. The summed E-state index contributed by atoms with van der Waals surface area (Å²) >= 11 is 1.69. The second-order valence-corrected chi connectivity index (χ2v) is 4.19. The Hall–Kier alpha value is -1.07. The van der Waals surface area contributed by atoms with Gasteiger partial charge in [-0.25, -0.2) is 0 Å². The second-order valence-electron chi connectivity index (χ2n) is 3.45. The molecule has 0 spiro atoms. The topological polar surface area (TPSA) is 70.6 Å². The van der Waals surface area contributed by atoms with Gasteiger partial charge < -0.3 is 16.3 Å². The summed E-state index contributed by atoms with van der Waals surface area (Å²) in [5.41, 5.74) is 8.09. The third-order valence-electron chi connectivity index (χ3n) is 2.38. The minimum Gasteiger partial charge on any atom is -0.409 e. The fraction of sp³-hybridized carbons (Fsp3) is 0.500. The Morgan fingerprint density at radius 2 is 2.40 bits per heavy atom. The van der Waals surface area contributed by atoms with Crippen LogP contribution < -0.4 is 11.1 Å². The largest absolute Gasteiger partial charge is 0.409 e. The predicted octanol–water partition coefficient (Wildman–Crippen LogP) is 1.67. The Kier molecular flexibility index (Phi) is 4.58. The summed E-state index contributed by atoms with van der Waals surface area (Å²) in [4.78, 5) is 0. The molecule has 1 atom stereocenters. The van der Waals surface area contributed by atoms with E-state index in [2.05, 4.69) is 28.2 Å². The van der Waals surface area contributed by atoms with Gasteiger partial charge in [-0.2, -0.15) is 11.3 Å². The van der Waals surface area contributed by atoms with Gasteiger partial charge in [-0.1, -0.05) is 12.1 Å². The summed E-state index contributed by atoms with van der Waals surface area (Å²) in [7, 11) is 0. The number of hydrogen-bond acceptors (Lipinski definition) is 4. The lowest BCUT2D eigenvalue weighted by atomic mass is 10.1. The molecular weight excluding hydrogens is 210 g/mol. The Morgan fingerprint density at radius 3 is 2.87 bits per heavy atom. The smallest absolute Gasteiger partial charge is 0.156 e. The number of aryl methyl sites for hydroxylation is 1. The van der Waals surface area contributed by atoms with Gasteiger partial charge in [0, 0.05) is 6.54 Å². The zero-order valence-corrected chi connectivity index (χ0v) is 9.84. The van der Waals surface area contributed by atoms with Crippen molar-refractivity contribution < 1.29 is 5.21 Å². The molecule has 0 amide bonds. The van der Waals surface area contributed by atoms with E-state index in [4.69, 9.17) is 10.9 Å². The van der Waals surface area contributed by atoms with Crippen LogP contribution in [0, 0.1) is 6.92 Å². The maximum atomic E-state index is 8.57. The third kappa shape index (κ3) is 3.21. The molecule has 0 aliphatic heterocycles. The van der Waals surface area contributed by atoms with Crippen LogP contribution in [0.15, 0.2) is 15.9 Å². The Bertz CT molecular complexity index is 335. The number of hydrogen-bond donors (Lipinski definition) is 3. The molecule has 0 radical (unpaired) electrons. The van der Waals surface area contributed by atoms with Gasteiger partial charge in [-0.15, -0.1) is 0 Å². The lowest BCUT2D eigenvalue weighted by molar-refractivity contribution is 0.314. The number of nitrogens with zero attached hydrogens (tertiary/aromatic N) is 1. The standard InChI is InChI=1S/C10H17N3OS/c1-3-9(10(11)13-14)12-4-8-6-15-5-7(8)2/h5-6,9,12,14H,3-4H2,1-2H3,(H2,11,13). The number of thiophene rings is 1. The van der Waals surface area contributed by atoms with Crippen LogP contribution in [0.2, 0.25) is 0 Å². The van der Waals surface area contributed by atoms with Crippen molar-refractivity contribution in [1.82, 2.24) is 5.32 Å². The number of nitrogens with two attached hydrogens (primary N) is 1. The molecule has 0 aliphatic rings. The van der Waals surface area contributed by atoms with Crippen LogP contribution in [0.25, 0.3) is 0 Å². The number of rotatable bonds is 5. The first-order valence-electron chi connectivity index (χ1n) is 4.91. The zero-order valence-electron chi connectivity index (χ0n) is 9.03. The summed E-state index contributed by atoms with van der Waals surface area (Å²) < 4.78 is 0. The molecule has 15 heavy (non-hydrogen) atoms. The molecule has 0 fully saturated rings. The summed E-state index contributed by atoms with van der Waals surface area (Å²) in [6.45, 7) is 4.83. The Labute approximate surface area is 93.8 Å². The summed E-state index contributed by atoms with van der Waals surface area (Å²) in [5.74, 6) is 0.241. The summed E-state index contributed by atoms with van der Waals surface area (Å²) in [5, 5.41) is 19.1. The molecule has 1 aromatic heterocycles. The fourth-order valence-electron chi connectivity index (χ4n) is 1.33. The maximum Gasteiger partial charge on any atom is 0.156 e. The molecule has 1 aromatic rings. The Morgan fingerprint density at radius 1 is 1.67 bits per heavy atom. The van der Waals surface area contributed by atoms with Crippen LogP contribution in [0.5, 0.6) is 0 Å². The van der Waals surface area contributed by atoms with Crippen molar-refractivity contribution in [3.63, 3.8) is 0 Å².